The second-order valence-electron chi connectivity index (χ2n) is 8.46. The topological polar surface area (TPSA) is 37.3 Å². The molecule has 6 atom stereocenters. The minimum atomic E-state index is -0.982. The Morgan fingerprint density at radius 2 is 2.13 bits per heavy atom. The van der Waals surface area contributed by atoms with E-state index in [0.29, 0.717) is 42.3 Å². The van der Waals surface area contributed by atoms with E-state index in [0.717, 1.165) is 32.1 Å². The average molecular weight is 310 g/mol. The van der Waals surface area contributed by atoms with Crippen molar-refractivity contribution in [1.82, 2.24) is 0 Å². The standard InChI is InChI=1S/C21H26O2/c1-4-21(23)10-9-18-17-7-5-14-11-15(22)6-8-16(14)19(17)13(2)12-20(18,21)3/h1,11,16-19,23H,2,5-10,12H2,3H3/t16-,17-,18+,19+,20-,21+/m0/s1. The summed E-state index contributed by atoms with van der Waals surface area (Å²) in [6, 6.07) is 0. The van der Waals surface area contributed by atoms with Gasteiger partial charge in [-0.25, -0.2) is 0 Å². The Morgan fingerprint density at radius 3 is 2.87 bits per heavy atom. The lowest BCUT2D eigenvalue weighted by atomic mass is 9.49. The molecule has 4 aliphatic rings. The van der Waals surface area contributed by atoms with Gasteiger partial charge in [0.25, 0.3) is 0 Å². The molecule has 0 spiro atoms. The summed E-state index contributed by atoms with van der Waals surface area (Å²) in [5, 5.41) is 11.0. The van der Waals surface area contributed by atoms with E-state index in [1.165, 1.54) is 11.1 Å². The van der Waals surface area contributed by atoms with E-state index < -0.39 is 5.60 Å². The largest absolute Gasteiger partial charge is 0.377 e. The number of allylic oxidation sites excluding steroid dienone is 2. The van der Waals surface area contributed by atoms with Gasteiger partial charge in [0, 0.05) is 11.8 Å². The van der Waals surface area contributed by atoms with E-state index in [9.17, 15) is 9.90 Å². The summed E-state index contributed by atoms with van der Waals surface area (Å²) in [4.78, 5) is 11.8. The number of aliphatic hydroxyl groups is 1. The van der Waals surface area contributed by atoms with Crippen molar-refractivity contribution in [3.8, 4) is 12.3 Å². The number of terminal acetylenes is 1. The molecule has 0 aliphatic heterocycles. The van der Waals surface area contributed by atoms with Crippen LogP contribution >= 0.6 is 0 Å². The average Bonchev–Trinajstić information content (AvgIpc) is 2.78. The monoisotopic (exact) mass is 310 g/mol. The zero-order valence-corrected chi connectivity index (χ0v) is 14.0. The first-order valence-electron chi connectivity index (χ1n) is 9.01. The normalized spacial score (nSPS) is 48.8. The van der Waals surface area contributed by atoms with Gasteiger partial charge in [0.1, 0.15) is 5.60 Å². The van der Waals surface area contributed by atoms with Crippen LogP contribution in [0.25, 0.3) is 0 Å². The van der Waals surface area contributed by atoms with Gasteiger partial charge in [0.05, 0.1) is 0 Å². The molecule has 0 radical (unpaired) electrons. The van der Waals surface area contributed by atoms with Crippen LogP contribution in [0, 0.1) is 41.4 Å². The van der Waals surface area contributed by atoms with Gasteiger partial charge in [0.15, 0.2) is 5.78 Å². The third kappa shape index (κ3) is 1.89. The van der Waals surface area contributed by atoms with E-state index in [1.54, 1.807) is 0 Å². The molecule has 0 aromatic heterocycles. The molecule has 2 nitrogen and oxygen atoms in total. The minimum Gasteiger partial charge on any atom is -0.377 e. The number of carbonyl (C=O) groups is 1. The Bertz CT molecular complexity index is 651. The second-order valence-corrected chi connectivity index (χ2v) is 8.46. The molecular formula is C21H26O2. The first kappa shape index (κ1) is 15.2. The maximum absolute atomic E-state index is 11.8. The molecule has 0 aromatic carbocycles. The van der Waals surface area contributed by atoms with Crippen molar-refractivity contribution in [3.05, 3.63) is 23.8 Å². The van der Waals surface area contributed by atoms with Crippen molar-refractivity contribution in [1.29, 1.82) is 0 Å². The summed E-state index contributed by atoms with van der Waals surface area (Å²) in [5.41, 5.74) is 1.40. The smallest absolute Gasteiger partial charge is 0.155 e. The summed E-state index contributed by atoms with van der Waals surface area (Å²) in [5.74, 6) is 5.05. The van der Waals surface area contributed by atoms with Gasteiger partial charge in [-0.05, 0) is 68.3 Å². The van der Waals surface area contributed by atoms with Crippen molar-refractivity contribution >= 4 is 5.78 Å². The quantitative estimate of drug-likeness (QED) is 0.548. The fourth-order valence-corrected chi connectivity index (χ4v) is 6.45. The van der Waals surface area contributed by atoms with Gasteiger partial charge in [0.2, 0.25) is 0 Å². The minimum absolute atomic E-state index is 0.230. The van der Waals surface area contributed by atoms with E-state index in [4.69, 9.17) is 6.42 Å². The lowest BCUT2D eigenvalue weighted by molar-refractivity contribution is -0.116. The van der Waals surface area contributed by atoms with E-state index in [-0.39, 0.29) is 5.41 Å². The number of ketones is 1. The Kier molecular flexibility index (Phi) is 3.20. The van der Waals surface area contributed by atoms with E-state index in [1.807, 2.05) is 6.08 Å². The number of carbonyl (C=O) groups excluding carboxylic acids is 1. The van der Waals surface area contributed by atoms with Crippen LogP contribution in [-0.2, 0) is 4.79 Å². The fourth-order valence-electron chi connectivity index (χ4n) is 6.45. The molecule has 0 amide bonds. The second kappa shape index (κ2) is 4.84. The predicted molar refractivity (Wildman–Crippen MR) is 90.4 cm³/mol. The van der Waals surface area contributed by atoms with Gasteiger partial charge in [-0.3, -0.25) is 4.79 Å². The molecular weight excluding hydrogens is 284 g/mol. The van der Waals surface area contributed by atoms with Crippen LogP contribution in [0.2, 0.25) is 0 Å². The molecule has 1 N–H and O–H groups in total. The molecule has 122 valence electrons. The highest BCUT2D eigenvalue weighted by Gasteiger charge is 2.62. The maximum atomic E-state index is 11.8. The molecule has 0 aromatic rings. The molecule has 4 rings (SSSR count). The van der Waals surface area contributed by atoms with Crippen molar-refractivity contribution in [2.24, 2.45) is 29.1 Å². The zero-order valence-electron chi connectivity index (χ0n) is 14.0. The number of hydrogen-bond acceptors (Lipinski definition) is 2. The molecule has 0 heterocycles. The first-order chi connectivity index (χ1) is 10.9. The molecule has 4 aliphatic carbocycles. The summed E-state index contributed by atoms with van der Waals surface area (Å²) < 4.78 is 0. The van der Waals surface area contributed by atoms with Crippen LogP contribution in [0.4, 0.5) is 0 Å². The van der Waals surface area contributed by atoms with Crippen LogP contribution < -0.4 is 0 Å². The molecule has 2 heteroatoms. The number of fused-ring (bicyclic) bond motifs is 5. The van der Waals surface area contributed by atoms with Crippen molar-refractivity contribution in [2.75, 3.05) is 0 Å². The van der Waals surface area contributed by atoms with Crippen LogP contribution in [0.5, 0.6) is 0 Å². The van der Waals surface area contributed by atoms with Crippen LogP contribution in [-0.4, -0.2) is 16.5 Å². The third-order valence-corrected chi connectivity index (χ3v) is 7.59. The van der Waals surface area contributed by atoms with Gasteiger partial charge in [-0.1, -0.05) is 30.6 Å². The van der Waals surface area contributed by atoms with Crippen molar-refractivity contribution < 1.29 is 9.90 Å². The van der Waals surface area contributed by atoms with Gasteiger partial charge < -0.3 is 5.11 Å². The van der Waals surface area contributed by atoms with Crippen LogP contribution in [0.1, 0.15) is 51.9 Å². The third-order valence-electron chi connectivity index (χ3n) is 7.59. The Morgan fingerprint density at radius 1 is 1.35 bits per heavy atom. The summed E-state index contributed by atoms with van der Waals surface area (Å²) in [6.07, 6.45) is 14.0. The van der Waals surface area contributed by atoms with E-state index in [2.05, 4.69) is 19.4 Å². The van der Waals surface area contributed by atoms with E-state index >= 15 is 0 Å². The fraction of sp³-hybridized carbons (Fsp3) is 0.667. The summed E-state index contributed by atoms with van der Waals surface area (Å²) >= 11 is 0. The van der Waals surface area contributed by atoms with Crippen molar-refractivity contribution in [2.45, 2.75) is 57.5 Å². The highest BCUT2D eigenvalue weighted by atomic mass is 16.3. The molecule has 0 unspecified atom stereocenters. The van der Waals surface area contributed by atoms with Gasteiger partial charge in [-0.15, -0.1) is 6.42 Å². The summed E-state index contributed by atoms with van der Waals surface area (Å²) in [6.45, 7) is 6.60. The van der Waals surface area contributed by atoms with Crippen LogP contribution in [0.15, 0.2) is 23.8 Å². The first-order valence-corrected chi connectivity index (χ1v) is 9.01. The lowest BCUT2D eigenvalue weighted by Gasteiger charge is -2.55. The molecule has 3 saturated carbocycles. The number of hydrogen-bond donors (Lipinski definition) is 1. The molecule has 0 bridgehead atoms. The highest BCUT2D eigenvalue weighted by molar-refractivity contribution is 5.91. The zero-order chi connectivity index (χ0) is 16.4. The maximum Gasteiger partial charge on any atom is 0.155 e. The summed E-state index contributed by atoms with van der Waals surface area (Å²) in [7, 11) is 0. The van der Waals surface area contributed by atoms with Crippen molar-refractivity contribution in [3.63, 3.8) is 0 Å². The molecule has 23 heavy (non-hydrogen) atoms. The van der Waals surface area contributed by atoms with Gasteiger partial charge >= 0.3 is 0 Å². The molecule has 0 saturated heterocycles. The molecule has 3 fully saturated rings. The Balaban J connectivity index is 1.72. The number of rotatable bonds is 0. The SMILES string of the molecule is C#C[C@@]1(O)CC[C@@H]2[C@@H]3CCC4=CC(=O)CC[C@@H]4[C@H]3C(=C)C[C@@]21C. The Hall–Kier alpha value is -1.33. The van der Waals surface area contributed by atoms with Gasteiger partial charge in [-0.2, -0.15) is 0 Å². The predicted octanol–water partition coefficient (Wildman–Crippen LogP) is 3.66. The Labute approximate surface area is 139 Å². The van der Waals surface area contributed by atoms with Crippen LogP contribution in [0.3, 0.4) is 0 Å². The lowest BCUT2D eigenvalue weighted by Crippen LogP contribution is -2.52. The highest BCUT2D eigenvalue weighted by Crippen LogP contribution is 2.65.